The second-order valence-electron chi connectivity index (χ2n) is 7.38. The van der Waals surface area contributed by atoms with Gasteiger partial charge in [-0.1, -0.05) is 76.2 Å². The SMILES string of the molecule is CC.CC.Cc1cccc2c1-c1cc3c(cc1CC2)-c1c(C)cccc1CC3. The molecule has 0 radical (unpaired) electrons. The molecule has 0 aromatic heterocycles. The number of rotatable bonds is 0. The van der Waals surface area contributed by atoms with Gasteiger partial charge in [-0.05, 0) is 95.2 Å². The van der Waals surface area contributed by atoms with Crippen molar-refractivity contribution < 1.29 is 0 Å². The summed E-state index contributed by atoms with van der Waals surface area (Å²) in [6.07, 6.45) is 4.67. The minimum atomic E-state index is 1.17. The predicted octanol–water partition coefficient (Wildman–Crippen LogP) is 7.89. The zero-order chi connectivity index (χ0) is 20.3. The molecule has 3 aromatic carbocycles. The molecule has 28 heavy (non-hydrogen) atoms. The Morgan fingerprint density at radius 2 is 0.857 bits per heavy atom. The van der Waals surface area contributed by atoms with Gasteiger partial charge in [0, 0.05) is 0 Å². The lowest BCUT2D eigenvalue weighted by atomic mass is 9.77. The predicted molar refractivity (Wildman–Crippen MR) is 124 cm³/mol. The van der Waals surface area contributed by atoms with Gasteiger partial charge >= 0.3 is 0 Å². The lowest BCUT2D eigenvalue weighted by Crippen LogP contribution is -2.10. The fourth-order valence-corrected chi connectivity index (χ4v) is 4.75. The van der Waals surface area contributed by atoms with E-state index in [4.69, 9.17) is 0 Å². The van der Waals surface area contributed by atoms with E-state index in [1.807, 2.05) is 27.7 Å². The average molecular weight is 371 g/mol. The second kappa shape index (κ2) is 8.78. The van der Waals surface area contributed by atoms with Crippen molar-refractivity contribution in [3.63, 3.8) is 0 Å². The summed E-state index contributed by atoms with van der Waals surface area (Å²) < 4.78 is 0. The normalized spacial score (nSPS) is 12.8. The minimum absolute atomic E-state index is 1.17. The van der Waals surface area contributed by atoms with E-state index in [1.165, 1.54) is 81.3 Å². The third-order valence-electron chi connectivity index (χ3n) is 5.91. The number of benzene rings is 3. The summed E-state index contributed by atoms with van der Waals surface area (Å²) in [5.74, 6) is 0. The van der Waals surface area contributed by atoms with Crippen LogP contribution >= 0.6 is 0 Å². The highest BCUT2D eigenvalue weighted by atomic mass is 14.3. The highest BCUT2D eigenvalue weighted by molar-refractivity contribution is 5.84. The van der Waals surface area contributed by atoms with Gasteiger partial charge in [-0.3, -0.25) is 0 Å². The van der Waals surface area contributed by atoms with Crippen LogP contribution in [0.25, 0.3) is 22.3 Å². The number of aryl methyl sites for hydroxylation is 6. The summed E-state index contributed by atoms with van der Waals surface area (Å²) in [6, 6.07) is 18.6. The molecular formula is C28H34. The van der Waals surface area contributed by atoms with E-state index in [-0.39, 0.29) is 0 Å². The molecule has 0 atom stereocenters. The maximum absolute atomic E-state index is 2.50. The molecule has 0 saturated heterocycles. The van der Waals surface area contributed by atoms with Crippen LogP contribution in [0.3, 0.4) is 0 Å². The van der Waals surface area contributed by atoms with Crippen molar-refractivity contribution in [2.75, 3.05) is 0 Å². The maximum Gasteiger partial charge on any atom is -0.0120 e. The molecule has 2 aliphatic rings. The molecule has 0 spiro atoms. The molecule has 0 saturated carbocycles. The van der Waals surface area contributed by atoms with Crippen LogP contribution in [0.15, 0.2) is 48.5 Å². The van der Waals surface area contributed by atoms with Crippen LogP contribution in [0, 0.1) is 13.8 Å². The van der Waals surface area contributed by atoms with Gasteiger partial charge in [0.15, 0.2) is 0 Å². The molecule has 5 rings (SSSR count). The van der Waals surface area contributed by atoms with Crippen molar-refractivity contribution in [3.05, 3.63) is 81.9 Å². The molecule has 0 aliphatic heterocycles. The van der Waals surface area contributed by atoms with Crippen molar-refractivity contribution >= 4 is 0 Å². The summed E-state index contributed by atoms with van der Waals surface area (Å²) in [4.78, 5) is 0. The lowest BCUT2D eigenvalue weighted by Gasteiger charge is -2.28. The summed E-state index contributed by atoms with van der Waals surface area (Å²) in [7, 11) is 0. The highest BCUT2D eigenvalue weighted by Gasteiger charge is 2.23. The monoisotopic (exact) mass is 370 g/mol. The van der Waals surface area contributed by atoms with Crippen molar-refractivity contribution in [2.24, 2.45) is 0 Å². The third-order valence-corrected chi connectivity index (χ3v) is 5.91. The molecule has 0 amide bonds. The second-order valence-corrected chi connectivity index (χ2v) is 7.38. The third kappa shape index (κ3) is 3.41. The van der Waals surface area contributed by atoms with Crippen LogP contribution in [0.2, 0.25) is 0 Å². The molecular weight excluding hydrogens is 336 g/mol. The molecule has 3 aromatic rings. The fraction of sp³-hybridized carbons (Fsp3) is 0.357. The summed E-state index contributed by atoms with van der Waals surface area (Å²) >= 11 is 0. The van der Waals surface area contributed by atoms with E-state index in [9.17, 15) is 0 Å². The van der Waals surface area contributed by atoms with Crippen molar-refractivity contribution in [3.8, 4) is 22.3 Å². The molecule has 0 heterocycles. The Balaban J connectivity index is 0.000000531. The van der Waals surface area contributed by atoms with Crippen molar-refractivity contribution in [1.82, 2.24) is 0 Å². The van der Waals surface area contributed by atoms with Gasteiger partial charge in [-0.25, -0.2) is 0 Å². The Hall–Kier alpha value is -2.34. The van der Waals surface area contributed by atoms with Gasteiger partial charge in [-0.2, -0.15) is 0 Å². The highest BCUT2D eigenvalue weighted by Crippen LogP contribution is 2.43. The van der Waals surface area contributed by atoms with Crippen LogP contribution in [-0.2, 0) is 25.7 Å². The fourth-order valence-electron chi connectivity index (χ4n) is 4.75. The van der Waals surface area contributed by atoms with Gasteiger partial charge in [0.25, 0.3) is 0 Å². The van der Waals surface area contributed by atoms with Crippen LogP contribution in [0.4, 0.5) is 0 Å². The Morgan fingerprint density at radius 1 is 0.500 bits per heavy atom. The maximum atomic E-state index is 2.50. The number of hydrogen-bond acceptors (Lipinski definition) is 0. The molecule has 2 aliphatic carbocycles. The van der Waals surface area contributed by atoms with Gasteiger partial charge in [-0.15, -0.1) is 0 Å². The Morgan fingerprint density at radius 3 is 1.25 bits per heavy atom. The smallest absolute Gasteiger partial charge is 0.0120 e. The molecule has 146 valence electrons. The average Bonchev–Trinajstić information content (AvgIpc) is 2.75. The Bertz CT molecular complexity index is 894. The van der Waals surface area contributed by atoms with Crippen LogP contribution in [0.5, 0.6) is 0 Å². The van der Waals surface area contributed by atoms with Crippen LogP contribution < -0.4 is 0 Å². The molecule has 0 nitrogen and oxygen atoms in total. The molecule has 0 heteroatoms. The van der Waals surface area contributed by atoms with E-state index in [0.717, 1.165) is 0 Å². The quantitative estimate of drug-likeness (QED) is 0.377. The summed E-state index contributed by atoms with van der Waals surface area (Å²) in [5.41, 5.74) is 14.9. The van der Waals surface area contributed by atoms with Gasteiger partial charge in [0.2, 0.25) is 0 Å². The van der Waals surface area contributed by atoms with Crippen LogP contribution in [0.1, 0.15) is 61.1 Å². The van der Waals surface area contributed by atoms with Crippen molar-refractivity contribution in [1.29, 1.82) is 0 Å². The molecule has 0 bridgehead atoms. The lowest BCUT2D eigenvalue weighted by molar-refractivity contribution is 0.913. The van der Waals surface area contributed by atoms with Crippen LogP contribution in [-0.4, -0.2) is 0 Å². The first-order valence-corrected chi connectivity index (χ1v) is 11.1. The minimum Gasteiger partial charge on any atom is -0.0683 e. The Labute approximate surface area is 171 Å². The van der Waals surface area contributed by atoms with Crippen molar-refractivity contribution in [2.45, 2.75) is 67.2 Å². The summed E-state index contributed by atoms with van der Waals surface area (Å²) in [5, 5.41) is 0. The number of hydrogen-bond donors (Lipinski definition) is 0. The molecule has 0 unspecified atom stereocenters. The van der Waals surface area contributed by atoms with Gasteiger partial charge < -0.3 is 0 Å². The zero-order valence-electron chi connectivity index (χ0n) is 18.4. The van der Waals surface area contributed by atoms with E-state index in [1.54, 1.807) is 0 Å². The summed E-state index contributed by atoms with van der Waals surface area (Å²) in [6.45, 7) is 12.5. The topological polar surface area (TPSA) is 0 Å². The first-order chi connectivity index (χ1) is 13.7. The molecule has 0 fully saturated rings. The first kappa shape index (κ1) is 20.4. The van der Waals surface area contributed by atoms with Gasteiger partial charge in [0.1, 0.15) is 0 Å². The zero-order valence-corrected chi connectivity index (χ0v) is 18.4. The first-order valence-electron chi connectivity index (χ1n) is 11.1. The van der Waals surface area contributed by atoms with E-state index >= 15 is 0 Å². The van der Waals surface area contributed by atoms with Gasteiger partial charge in [0.05, 0.1) is 0 Å². The number of fused-ring (bicyclic) bond motifs is 6. The van der Waals surface area contributed by atoms with E-state index < -0.39 is 0 Å². The largest absolute Gasteiger partial charge is 0.0683 e. The Kier molecular flexibility index (Phi) is 6.39. The standard InChI is InChI=1S/C24H22.2C2H6/c1-15-5-3-7-17-9-11-19-14-22-20(13-21(19)23(15)17)12-10-18-8-4-6-16(2)24(18)22;2*1-2/h3-8,13-14H,9-12H2,1-2H3;2*1-2H3. The van der Waals surface area contributed by atoms with E-state index in [2.05, 4.69) is 62.4 Å². The molecule has 0 N–H and O–H groups in total. The van der Waals surface area contributed by atoms with E-state index in [0.29, 0.717) is 0 Å².